The van der Waals surface area contributed by atoms with Gasteiger partial charge in [-0.2, -0.15) is 10.5 Å². The molecule has 0 heterocycles. The predicted octanol–water partition coefficient (Wildman–Crippen LogP) is 7.39. The standard InChI is InChI=1S/C27H34N2O2/c1-8-12-26(3,4)22-16-25(23(15-24(22)30-7)27(5,6)13-9-2)31-21-11-10-19(17-28)20(14-21)18-29/h10-11,14-16H,8-9,12-13H2,1-7H3. The molecule has 31 heavy (non-hydrogen) atoms. The van der Waals surface area contributed by atoms with Crippen molar-refractivity contribution in [1.82, 2.24) is 0 Å². The summed E-state index contributed by atoms with van der Waals surface area (Å²) in [6.45, 7) is 13.3. The molecule has 0 amide bonds. The first-order chi connectivity index (χ1) is 14.6. The summed E-state index contributed by atoms with van der Waals surface area (Å²) in [6, 6.07) is 13.4. The molecule has 0 spiro atoms. The fourth-order valence-electron chi connectivity index (χ4n) is 4.29. The molecule has 0 aliphatic heterocycles. The summed E-state index contributed by atoms with van der Waals surface area (Å²) in [5.41, 5.74) is 2.65. The van der Waals surface area contributed by atoms with E-state index in [1.165, 1.54) is 0 Å². The molecule has 0 radical (unpaired) electrons. The molecule has 4 nitrogen and oxygen atoms in total. The Balaban J connectivity index is 2.70. The van der Waals surface area contributed by atoms with Gasteiger partial charge in [-0.15, -0.1) is 0 Å². The van der Waals surface area contributed by atoms with Crippen LogP contribution >= 0.6 is 0 Å². The second-order valence-electron chi connectivity index (χ2n) is 9.35. The van der Waals surface area contributed by atoms with E-state index in [0.717, 1.165) is 48.3 Å². The third-order valence-electron chi connectivity index (χ3n) is 5.97. The molecule has 0 aliphatic rings. The lowest BCUT2D eigenvalue weighted by Crippen LogP contribution is -2.22. The second-order valence-corrected chi connectivity index (χ2v) is 9.35. The minimum atomic E-state index is -0.116. The van der Waals surface area contributed by atoms with Gasteiger partial charge in [0.1, 0.15) is 29.4 Å². The van der Waals surface area contributed by atoms with Crippen LogP contribution in [0.1, 0.15) is 89.5 Å². The molecule has 0 unspecified atom stereocenters. The van der Waals surface area contributed by atoms with Gasteiger partial charge in [0.2, 0.25) is 0 Å². The predicted molar refractivity (Wildman–Crippen MR) is 125 cm³/mol. The molecule has 0 N–H and O–H groups in total. The fourth-order valence-corrected chi connectivity index (χ4v) is 4.29. The smallest absolute Gasteiger partial charge is 0.131 e. The normalized spacial score (nSPS) is 11.5. The van der Waals surface area contributed by atoms with Crippen LogP contribution < -0.4 is 9.47 Å². The van der Waals surface area contributed by atoms with Crippen molar-refractivity contribution in [1.29, 1.82) is 10.5 Å². The molecule has 0 atom stereocenters. The van der Waals surface area contributed by atoms with Crippen LogP contribution in [0.15, 0.2) is 30.3 Å². The second kappa shape index (κ2) is 9.88. The number of hydrogen-bond acceptors (Lipinski definition) is 4. The third kappa shape index (κ3) is 5.39. The van der Waals surface area contributed by atoms with E-state index in [2.05, 4.69) is 65.8 Å². The summed E-state index contributed by atoms with van der Waals surface area (Å²) in [5.74, 6) is 2.20. The van der Waals surface area contributed by atoms with E-state index in [-0.39, 0.29) is 10.8 Å². The minimum Gasteiger partial charge on any atom is -0.496 e. The van der Waals surface area contributed by atoms with E-state index in [9.17, 15) is 10.5 Å². The van der Waals surface area contributed by atoms with Gasteiger partial charge in [-0.05, 0) is 54.0 Å². The van der Waals surface area contributed by atoms with Crippen LogP contribution in [0.3, 0.4) is 0 Å². The molecular weight excluding hydrogens is 384 g/mol. The van der Waals surface area contributed by atoms with Crippen molar-refractivity contribution in [2.45, 2.75) is 78.1 Å². The lowest BCUT2D eigenvalue weighted by Gasteiger charge is -2.32. The number of benzene rings is 2. The molecule has 0 fully saturated rings. The molecule has 2 aromatic carbocycles. The van der Waals surface area contributed by atoms with E-state index >= 15 is 0 Å². The molecule has 0 saturated heterocycles. The van der Waals surface area contributed by atoms with E-state index in [1.54, 1.807) is 25.3 Å². The molecule has 0 saturated carbocycles. The van der Waals surface area contributed by atoms with Crippen molar-refractivity contribution < 1.29 is 9.47 Å². The maximum absolute atomic E-state index is 9.40. The van der Waals surface area contributed by atoms with E-state index in [1.807, 2.05) is 0 Å². The Kier molecular flexibility index (Phi) is 7.75. The summed E-state index contributed by atoms with van der Waals surface area (Å²) in [6.07, 6.45) is 4.14. The van der Waals surface area contributed by atoms with Crippen LogP contribution in [0.5, 0.6) is 17.2 Å². The molecule has 2 aromatic rings. The number of nitriles is 2. The van der Waals surface area contributed by atoms with Gasteiger partial charge in [-0.1, -0.05) is 54.4 Å². The summed E-state index contributed by atoms with van der Waals surface area (Å²) in [4.78, 5) is 0. The average Bonchev–Trinajstić information content (AvgIpc) is 2.73. The lowest BCUT2D eigenvalue weighted by atomic mass is 9.75. The van der Waals surface area contributed by atoms with Gasteiger partial charge in [0.05, 0.1) is 18.2 Å². The molecule has 0 aromatic heterocycles. The topological polar surface area (TPSA) is 66.0 Å². The number of nitrogens with zero attached hydrogens (tertiary/aromatic N) is 2. The molecule has 164 valence electrons. The van der Waals surface area contributed by atoms with Crippen molar-refractivity contribution >= 4 is 0 Å². The lowest BCUT2D eigenvalue weighted by molar-refractivity contribution is 0.372. The first kappa shape index (κ1) is 24.3. The molecule has 0 bridgehead atoms. The van der Waals surface area contributed by atoms with Crippen LogP contribution in [0.25, 0.3) is 0 Å². The highest BCUT2D eigenvalue weighted by molar-refractivity contribution is 5.55. The Hall–Kier alpha value is -2.98. The van der Waals surface area contributed by atoms with Crippen LogP contribution in [0, 0.1) is 22.7 Å². The van der Waals surface area contributed by atoms with Crippen molar-refractivity contribution in [2.24, 2.45) is 0 Å². The van der Waals surface area contributed by atoms with Crippen LogP contribution in [-0.2, 0) is 10.8 Å². The first-order valence-corrected chi connectivity index (χ1v) is 11.0. The van der Waals surface area contributed by atoms with E-state index in [4.69, 9.17) is 9.47 Å². The third-order valence-corrected chi connectivity index (χ3v) is 5.97. The number of hydrogen-bond donors (Lipinski definition) is 0. The van der Waals surface area contributed by atoms with Gasteiger partial charge in [0.25, 0.3) is 0 Å². The van der Waals surface area contributed by atoms with Gasteiger partial charge in [0, 0.05) is 11.1 Å². The zero-order chi connectivity index (χ0) is 23.2. The van der Waals surface area contributed by atoms with Gasteiger partial charge < -0.3 is 9.47 Å². The highest BCUT2D eigenvalue weighted by Gasteiger charge is 2.30. The zero-order valence-corrected chi connectivity index (χ0v) is 19.9. The van der Waals surface area contributed by atoms with Gasteiger partial charge >= 0.3 is 0 Å². The molecule has 4 heteroatoms. The van der Waals surface area contributed by atoms with Crippen molar-refractivity contribution in [3.8, 4) is 29.4 Å². The Labute approximate surface area is 187 Å². The van der Waals surface area contributed by atoms with Crippen LogP contribution in [0.4, 0.5) is 0 Å². The average molecular weight is 419 g/mol. The number of methoxy groups -OCH3 is 1. The Morgan fingerprint density at radius 1 is 0.774 bits per heavy atom. The molecule has 2 rings (SSSR count). The fraction of sp³-hybridized carbons (Fsp3) is 0.481. The highest BCUT2D eigenvalue weighted by Crippen LogP contribution is 2.45. The summed E-state index contributed by atoms with van der Waals surface area (Å²) in [7, 11) is 1.72. The number of ether oxygens (including phenoxy) is 2. The molecular formula is C27H34N2O2. The van der Waals surface area contributed by atoms with Crippen molar-refractivity contribution in [3.63, 3.8) is 0 Å². The van der Waals surface area contributed by atoms with Crippen molar-refractivity contribution in [3.05, 3.63) is 52.6 Å². The highest BCUT2D eigenvalue weighted by atomic mass is 16.5. The zero-order valence-electron chi connectivity index (χ0n) is 19.9. The van der Waals surface area contributed by atoms with Gasteiger partial charge in [-0.3, -0.25) is 0 Å². The summed E-state index contributed by atoms with van der Waals surface area (Å²) >= 11 is 0. The Bertz CT molecular complexity index is 1010. The van der Waals surface area contributed by atoms with Crippen LogP contribution in [0.2, 0.25) is 0 Å². The van der Waals surface area contributed by atoms with Gasteiger partial charge in [0.15, 0.2) is 0 Å². The minimum absolute atomic E-state index is 0.0753. The largest absolute Gasteiger partial charge is 0.496 e. The maximum Gasteiger partial charge on any atom is 0.131 e. The first-order valence-electron chi connectivity index (χ1n) is 11.0. The summed E-state index contributed by atoms with van der Waals surface area (Å²) in [5, 5.41) is 18.6. The van der Waals surface area contributed by atoms with E-state index in [0.29, 0.717) is 16.9 Å². The van der Waals surface area contributed by atoms with Crippen LogP contribution in [-0.4, -0.2) is 7.11 Å². The maximum atomic E-state index is 9.40. The van der Waals surface area contributed by atoms with E-state index < -0.39 is 0 Å². The molecule has 0 aliphatic carbocycles. The quantitative estimate of drug-likeness (QED) is 0.426. The SMILES string of the molecule is CCCC(C)(C)c1cc(Oc2ccc(C#N)c(C#N)c2)c(C(C)(C)CCC)cc1OC. The van der Waals surface area contributed by atoms with Gasteiger partial charge in [-0.25, -0.2) is 0 Å². The Morgan fingerprint density at radius 3 is 1.77 bits per heavy atom. The number of rotatable bonds is 9. The monoisotopic (exact) mass is 418 g/mol. The Morgan fingerprint density at radius 2 is 1.29 bits per heavy atom. The summed E-state index contributed by atoms with van der Waals surface area (Å²) < 4.78 is 12.2. The van der Waals surface area contributed by atoms with Crippen molar-refractivity contribution in [2.75, 3.05) is 7.11 Å².